The Labute approximate surface area is 389 Å². The summed E-state index contributed by atoms with van der Waals surface area (Å²) >= 11 is 0. The molecule has 0 aliphatic rings. The summed E-state index contributed by atoms with van der Waals surface area (Å²) < 4.78 is 82.4. The Morgan fingerprint density at radius 2 is 0.516 bits per heavy atom. The van der Waals surface area contributed by atoms with Crippen LogP contribution in [0.15, 0.2) is 0 Å². The fraction of sp³-hybridized carbons (Fsp3) is 1.00. The van der Waals surface area contributed by atoms with E-state index in [1.54, 1.807) is 64.0 Å². The SMILES string of the molecule is CCOOCCCCC[Si](C)(C)O[Si](C)(C)CCC[Si](O[Si](C)(C)CCC[Si](OC)(OC)OC)(O[Si](C)(C)CCC[Si](OC)(OC)OC)O[Si](C)(C)CCC[Si](OC)(OC)OC. The average Bonchev–Trinajstić information content (AvgIpc) is 3.18. The summed E-state index contributed by atoms with van der Waals surface area (Å²) in [5.74, 6) is 0. The Morgan fingerprint density at radius 1 is 0.258 bits per heavy atom. The van der Waals surface area contributed by atoms with Crippen molar-refractivity contribution in [3.8, 4) is 0 Å². The monoisotopic (exact) mass is 1040 g/mol. The molecule has 0 atom stereocenters. The van der Waals surface area contributed by atoms with Gasteiger partial charge in [-0.2, -0.15) is 0 Å². The van der Waals surface area contributed by atoms with Crippen LogP contribution in [0, 0.1) is 0 Å². The molecule has 15 nitrogen and oxygen atoms in total. The maximum absolute atomic E-state index is 7.68. The zero-order valence-electron chi connectivity index (χ0n) is 43.4. The number of unbranched alkanes of at least 4 members (excludes halogenated alkanes) is 2. The summed E-state index contributed by atoms with van der Waals surface area (Å²) in [7, 11) is -7.80. The zero-order valence-corrected chi connectivity index (χ0v) is 52.4. The normalized spacial score (nSPS) is 14.3. The molecule has 0 bridgehead atoms. The van der Waals surface area contributed by atoms with Gasteiger partial charge >= 0.3 is 35.2 Å². The lowest BCUT2D eigenvalue weighted by Gasteiger charge is -2.45. The van der Waals surface area contributed by atoms with Crippen molar-refractivity contribution in [1.29, 1.82) is 0 Å². The molecule has 0 rings (SSSR count). The summed E-state index contributed by atoms with van der Waals surface area (Å²) in [6.07, 6.45) is 6.72. The van der Waals surface area contributed by atoms with Gasteiger partial charge in [-0.3, -0.25) is 0 Å². The second-order valence-electron chi connectivity index (χ2n) is 19.2. The van der Waals surface area contributed by atoms with Gasteiger partial charge in [-0.1, -0.05) is 12.8 Å². The third-order valence-corrected chi connectivity index (χ3v) is 43.4. The van der Waals surface area contributed by atoms with Gasteiger partial charge < -0.3 is 56.3 Å². The summed E-state index contributed by atoms with van der Waals surface area (Å²) in [5.41, 5.74) is 0. The molecule has 0 aromatic carbocycles. The fourth-order valence-electron chi connectivity index (χ4n) is 8.10. The van der Waals surface area contributed by atoms with E-state index in [-0.39, 0.29) is 0 Å². The van der Waals surface area contributed by atoms with Crippen LogP contribution in [-0.4, -0.2) is 154 Å². The van der Waals surface area contributed by atoms with E-state index in [0.717, 1.165) is 81.2 Å². The van der Waals surface area contributed by atoms with Gasteiger partial charge in [-0.05, 0) is 135 Å². The molecular formula is C38H96O15Si9. The van der Waals surface area contributed by atoms with Gasteiger partial charge in [0.15, 0.2) is 41.6 Å². The average molecular weight is 1050 g/mol. The van der Waals surface area contributed by atoms with E-state index in [2.05, 4.69) is 65.5 Å². The smallest absolute Gasteiger partial charge is 0.455 e. The van der Waals surface area contributed by atoms with E-state index in [4.69, 9.17) is 66.1 Å². The molecule has 0 radical (unpaired) electrons. The van der Waals surface area contributed by atoms with Gasteiger partial charge in [-0.15, -0.1) is 0 Å². The third-order valence-electron chi connectivity index (χ3n) is 11.4. The number of hydrogen-bond donors (Lipinski definition) is 0. The van der Waals surface area contributed by atoms with Crippen molar-refractivity contribution in [3.63, 3.8) is 0 Å². The molecular weight excluding hydrogens is 949 g/mol. The molecule has 0 aromatic rings. The number of rotatable bonds is 41. The Kier molecular flexibility index (Phi) is 30.7. The molecule has 0 spiro atoms. The molecule has 0 N–H and O–H groups in total. The molecule has 0 saturated carbocycles. The molecule has 0 aromatic heterocycles. The van der Waals surface area contributed by atoms with E-state index >= 15 is 0 Å². The minimum absolute atomic E-state index is 0.571. The van der Waals surface area contributed by atoms with Crippen molar-refractivity contribution in [2.24, 2.45) is 0 Å². The molecule has 374 valence electrons. The first-order valence-electron chi connectivity index (χ1n) is 22.8. The first kappa shape index (κ1) is 63.4. The predicted molar refractivity (Wildman–Crippen MR) is 271 cm³/mol. The van der Waals surface area contributed by atoms with E-state index in [1.807, 2.05) is 6.92 Å². The Balaban J connectivity index is 6.85. The van der Waals surface area contributed by atoms with Crippen molar-refractivity contribution < 1.29 is 66.1 Å². The minimum Gasteiger partial charge on any atom is -0.455 e. The van der Waals surface area contributed by atoms with Crippen LogP contribution >= 0.6 is 0 Å². The van der Waals surface area contributed by atoms with Gasteiger partial charge in [-0.25, -0.2) is 9.78 Å². The van der Waals surface area contributed by atoms with Crippen LogP contribution in [0.2, 0.25) is 120 Å². The highest BCUT2D eigenvalue weighted by molar-refractivity contribution is 6.91. The van der Waals surface area contributed by atoms with Crippen LogP contribution in [0.4, 0.5) is 0 Å². The lowest BCUT2D eigenvalue weighted by Crippen LogP contribution is -2.62. The maximum Gasteiger partial charge on any atom is 0.500 e. The molecule has 0 aliphatic heterocycles. The number of hydrogen-bond acceptors (Lipinski definition) is 15. The molecule has 0 heterocycles. The van der Waals surface area contributed by atoms with Crippen molar-refractivity contribution in [2.75, 3.05) is 77.2 Å². The van der Waals surface area contributed by atoms with Crippen LogP contribution in [0.25, 0.3) is 0 Å². The molecule has 0 unspecified atom stereocenters. The molecule has 0 saturated heterocycles. The van der Waals surface area contributed by atoms with Crippen LogP contribution in [0.3, 0.4) is 0 Å². The molecule has 24 heteroatoms. The molecule has 0 aliphatic carbocycles. The minimum atomic E-state index is -3.37. The Morgan fingerprint density at radius 3 is 0.790 bits per heavy atom. The summed E-state index contributed by atoms with van der Waals surface area (Å²) in [6, 6.07) is 7.65. The van der Waals surface area contributed by atoms with Gasteiger partial charge in [0, 0.05) is 88.2 Å². The highest BCUT2D eigenvalue weighted by Gasteiger charge is 2.53. The highest BCUT2D eigenvalue weighted by Crippen LogP contribution is 2.37. The lowest BCUT2D eigenvalue weighted by molar-refractivity contribution is -0.291. The van der Waals surface area contributed by atoms with Crippen LogP contribution in [0.5, 0.6) is 0 Å². The van der Waals surface area contributed by atoms with Crippen LogP contribution in [0.1, 0.15) is 51.9 Å². The first-order chi connectivity index (χ1) is 28.8. The molecule has 62 heavy (non-hydrogen) atoms. The van der Waals surface area contributed by atoms with Crippen LogP contribution in [-0.2, 0) is 66.1 Å². The van der Waals surface area contributed by atoms with Gasteiger partial charge in [0.05, 0.1) is 13.2 Å². The quantitative estimate of drug-likeness (QED) is 0.0248. The summed E-state index contributed by atoms with van der Waals surface area (Å²) in [6.45, 7) is 26.5. The topological polar surface area (TPSA) is 138 Å². The van der Waals surface area contributed by atoms with Crippen LogP contribution < -0.4 is 0 Å². The fourth-order valence-corrected chi connectivity index (χ4v) is 41.5. The molecule has 0 amide bonds. The van der Waals surface area contributed by atoms with Gasteiger partial charge in [0.25, 0.3) is 0 Å². The largest absolute Gasteiger partial charge is 0.500 e. The van der Waals surface area contributed by atoms with Crippen molar-refractivity contribution in [3.05, 3.63) is 0 Å². The van der Waals surface area contributed by atoms with E-state index in [1.165, 1.54) is 0 Å². The van der Waals surface area contributed by atoms with Gasteiger partial charge in [0.1, 0.15) is 0 Å². The molecule has 0 fully saturated rings. The van der Waals surface area contributed by atoms with E-state index in [0.29, 0.717) is 31.3 Å². The lowest BCUT2D eigenvalue weighted by atomic mass is 10.3. The standard InChI is InChI=1S/C38H96O15Si9/c1-21-48-49-29-23-22-24-30-54(11,12)50-55(13,14)31-28-38-62(51-56(15,16)32-25-35-59(39-2,40-3)41-4,52-57(17,18)33-26-36-60(42-5,43-6)44-7)53-58(19,20)34-27-37-61(45-8,46-9)47-10/h21-38H2,1-20H3. The Hall–Kier alpha value is 1.35. The third kappa shape index (κ3) is 25.1. The Bertz CT molecular complexity index is 1040. The zero-order chi connectivity index (χ0) is 47.8. The first-order valence-corrected chi connectivity index (χ1v) is 46.1. The van der Waals surface area contributed by atoms with E-state index < -0.39 is 76.8 Å². The predicted octanol–water partition coefficient (Wildman–Crippen LogP) is 10.4. The van der Waals surface area contributed by atoms with Crippen molar-refractivity contribution >= 4 is 76.8 Å². The van der Waals surface area contributed by atoms with Gasteiger partial charge in [0.2, 0.25) is 0 Å². The summed E-state index contributed by atoms with van der Waals surface area (Å²) in [5, 5.41) is 0. The second-order valence-corrected chi connectivity index (χ2v) is 53.7. The second kappa shape index (κ2) is 30.1. The van der Waals surface area contributed by atoms with Crippen molar-refractivity contribution in [2.45, 2.75) is 172 Å². The maximum atomic E-state index is 7.68. The van der Waals surface area contributed by atoms with Crippen molar-refractivity contribution in [1.82, 2.24) is 0 Å². The summed E-state index contributed by atoms with van der Waals surface area (Å²) in [4.78, 5) is 10.3. The van der Waals surface area contributed by atoms with E-state index in [9.17, 15) is 0 Å². The highest BCUT2D eigenvalue weighted by atomic mass is 28.5.